The summed E-state index contributed by atoms with van der Waals surface area (Å²) in [5.74, 6) is -2.00. The van der Waals surface area contributed by atoms with Crippen molar-refractivity contribution in [1.82, 2.24) is 10.0 Å². The van der Waals surface area contributed by atoms with Crippen molar-refractivity contribution in [2.45, 2.75) is 32.7 Å². The lowest BCUT2D eigenvalue weighted by Crippen LogP contribution is -2.49. The van der Waals surface area contributed by atoms with Crippen LogP contribution in [0.3, 0.4) is 0 Å². The maximum absolute atomic E-state index is 13.5. The Morgan fingerprint density at radius 2 is 1.81 bits per heavy atom. The van der Waals surface area contributed by atoms with Crippen molar-refractivity contribution in [3.8, 4) is 0 Å². The van der Waals surface area contributed by atoms with E-state index < -0.39 is 22.7 Å². The number of imide groups is 1. The molecule has 2 aromatic carbocycles. The van der Waals surface area contributed by atoms with Crippen LogP contribution >= 0.6 is 11.6 Å². The molecule has 32 heavy (non-hydrogen) atoms. The summed E-state index contributed by atoms with van der Waals surface area (Å²) in [5, 5.41) is 13.8. The zero-order valence-electron chi connectivity index (χ0n) is 17.4. The van der Waals surface area contributed by atoms with E-state index in [0.29, 0.717) is 29.3 Å². The molecule has 2 aromatic rings. The number of nitrogens with zero attached hydrogens (tertiary/aromatic N) is 3. The van der Waals surface area contributed by atoms with Crippen LogP contribution in [0, 0.1) is 27.9 Å². The normalized spacial score (nSPS) is 22.6. The predicted octanol–water partition coefficient (Wildman–Crippen LogP) is 4.23. The molecule has 0 N–H and O–H groups in total. The fraction of sp³-hybridized carbons (Fsp3) is 0.348. The Morgan fingerprint density at radius 3 is 2.50 bits per heavy atom. The molecule has 0 spiro atoms. The highest BCUT2D eigenvalue weighted by atomic mass is 35.5. The number of halogens is 1. The molecule has 0 bridgehead atoms. The number of amides is 3. The molecule has 1 heterocycles. The second-order valence-corrected chi connectivity index (χ2v) is 8.85. The van der Waals surface area contributed by atoms with Gasteiger partial charge in [-0.2, -0.15) is 5.01 Å². The summed E-state index contributed by atoms with van der Waals surface area (Å²) in [4.78, 5) is 50.6. The van der Waals surface area contributed by atoms with Crippen LogP contribution < -0.4 is 0 Å². The van der Waals surface area contributed by atoms with Crippen molar-refractivity contribution < 1.29 is 19.3 Å². The van der Waals surface area contributed by atoms with Crippen molar-refractivity contribution in [2.24, 2.45) is 17.8 Å². The number of hydrogen-bond donors (Lipinski definition) is 0. The second-order valence-electron chi connectivity index (χ2n) is 8.42. The lowest BCUT2D eigenvalue weighted by Gasteiger charge is -2.30. The van der Waals surface area contributed by atoms with Gasteiger partial charge in [-0.25, -0.2) is 5.01 Å². The SMILES string of the molecule is C[C@@H]1CC[C@@H]2C(=O)N(N(Cc3ccc(Cl)cc3)C(=O)c3cccc([N+](=O)[O-])c3)C(=O)[C@H]2C1. The van der Waals surface area contributed by atoms with Gasteiger partial charge in [0.25, 0.3) is 23.4 Å². The Kier molecular flexibility index (Phi) is 5.97. The minimum absolute atomic E-state index is 0.0250. The van der Waals surface area contributed by atoms with Gasteiger partial charge in [-0.15, -0.1) is 0 Å². The van der Waals surface area contributed by atoms with Gasteiger partial charge in [0.2, 0.25) is 0 Å². The molecular weight excluding hydrogens is 434 g/mol. The minimum atomic E-state index is -0.656. The van der Waals surface area contributed by atoms with E-state index in [0.717, 1.165) is 22.5 Å². The fourth-order valence-electron chi connectivity index (χ4n) is 4.51. The lowest BCUT2D eigenvalue weighted by molar-refractivity contribution is -0.384. The van der Waals surface area contributed by atoms with Gasteiger partial charge in [-0.3, -0.25) is 24.5 Å². The van der Waals surface area contributed by atoms with Gasteiger partial charge < -0.3 is 0 Å². The molecule has 2 aliphatic rings. The summed E-state index contributed by atoms with van der Waals surface area (Å²) < 4.78 is 0. The molecule has 166 valence electrons. The molecule has 2 fully saturated rings. The maximum Gasteiger partial charge on any atom is 0.273 e. The number of fused-ring (bicyclic) bond motifs is 1. The van der Waals surface area contributed by atoms with E-state index >= 15 is 0 Å². The highest BCUT2D eigenvalue weighted by molar-refractivity contribution is 6.30. The van der Waals surface area contributed by atoms with E-state index in [4.69, 9.17) is 11.6 Å². The molecule has 1 saturated carbocycles. The lowest BCUT2D eigenvalue weighted by atomic mass is 9.76. The van der Waals surface area contributed by atoms with Crippen LogP contribution in [0.5, 0.6) is 0 Å². The first-order valence-electron chi connectivity index (χ1n) is 10.4. The van der Waals surface area contributed by atoms with Gasteiger partial charge in [-0.05, 0) is 48.9 Å². The third-order valence-corrected chi connectivity index (χ3v) is 6.44. The molecule has 1 saturated heterocycles. The van der Waals surface area contributed by atoms with E-state index in [2.05, 4.69) is 6.92 Å². The van der Waals surface area contributed by atoms with Crippen molar-refractivity contribution in [1.29, 1.82) is 0 Å². The van der Waals surface area contributed by atoms with E-state index in [1.165, 1.54) is 18.2 Å². The van der Waals surface area contributed by atoms with Gasteiger partial charge in [0.15, 0.2) is 0 Å². The van der Waals surface area contributed by atoms with Crippen LogP contribution in [0.15, 0.2) is 48.5 Å². The largest absolute Gasteiger partial charge is 0.273 e. The Morgan fingerprint density at radius 1 is 1.12 bits per heavy atom. The van der Waals surface area contributed by atoms with Gasteiger partial charge >= 0.3 is 0 Å². The summed E-state index contributed by atoms with van der Waals surface area (Å²) >= 11 is 5.96. The average Bonchev–Trinajstić information content (AvgIpc) is 3.02. The van der Waals surface area contributed by atoms with Crippen molar-refractivity contribution in [3.63, 3.8) is 0 Å². The number of benzene rings is 2. The molecule has 4 rings (SSSR count). The number of non-ortho nitro benzene ring substituents is 1. The van der Waals surface area contributed by atoms with Crippen molar-refractivity contribution in [2.75, 3.05) is 0 Å². The summed E-state index contributed by atoms with van der Waals surface area (Å²) in [6.45, 7) is 2.00. The van der Waals surface area contributed by atoms with Gasteiger partial charge in [0, 0.05) is 22.7 Å². The summed E-state index contributed by atoms with van der Waals surface area (Å²) in [7, 11) is 0. The summed E-state index contributed by atoms with van der Waals surface area (Å²) in [6, 6.07) is 12.0. The number of hydrazine groups is 1. The minimum Gasteiger partial charge on any atom is -0.272 e. The van der Waals surface area contributed by atoms with E-state index in [1.807, 2.05) is 0 Å². The van der Waals surface area contributed by atoms with Crippen LogP contribution in [0.25, 0.3) is 0 Å². The number of carbonyl (C=O) groups excluding carboxylic acids is 3. The third-order valence-electron chi connectivity index (χ3n) is 6.19. The zero-order valence-corrected chi connectivity index (χ0v) is 18.2. The predicted molar refractivity (Wildman–Crippen MR) is 116 cm³/mol. The molecular formula is C23H22ClN3O5. The van der Waals surface area contributed by atoms with Crippen molar-refractivity contribution in [3.05, 3.63) is 74.8 Å². The monoisotopic (exact) mass is 455 g/mol. The van der Waals surface area contributed by atoms with Crippen LogP contribution in [-0.4, -0.2) is 32.7 Å². The first-order chi connectivity index (χ1) is 15.3. The standard InChI is InChI=1S/C23H22ClN3O5/c1-14-5-10-19-20(11-14)23(30)26(22(19)29)25(13-15-6-8-17(24)9-7-15)21(28)16-3-2-4-18(12-16)27(31)32/h2-4,6-9,12,14,19-20H,5,10-11,13H2,1H3/t14-,19+,20+/m1/s1. The quantitative estimate of drug-likeness (QED) is 0.381. The Bertz CT molecular complexity index is 1090. The third kappa shape index (κ3) is 4.10. The van der Waals surface area contributed by atoms with Gasteiger partial charge in [-0.1, -0.05) is 36.7 Å². The molecule has 0 radical (unpaired) electrons. The van der Waals surface area contributed by atoms with Crippen molar-refractivity contribution >= 4 is 35.0 Å². The van der Waals surface area contributed by atoms with E-state index in [-0.39, 0.29) is 29.6 Å². The Hall–Kier alpha value is -3.26. The average molecular weight is 456 g/mol. The van der Waals surface area contributed by atoms with Gasteiger partial charge in [0.05, 0.1) is 23.3 Å². The van der Waals surface area contributed by atoms with Crippen LogP contribution in [0.1, 0.15) is 42.1 Å². The number of rotatable bonds is 5. The van der Waals surface area contributed by atoms with Crippen LogP contribution in [-0.2, 0) is 16.1 Å². The molecule has 8 nitrogen and oxygen atoms in total. The fourth-order valence-corrected chi connectivity index (χ4v) is 4.63. The first kappa shape index (κ1) is 22.0. The summed E-state index contributed by atoms with van der Waals surface area (Å²) in [6.07, 6.45) is 2.06. The van der Waals surface area contributed by atoms with Gasteiger partial charge in [0.1, 0.15) is 0 Å². The maximum atomic E-state index is 13.5. The molecule has 3 amide bonds. The van der Waals surface area contributed by atoms with E-state index in [9.17, 15) is 24.5 Å². The number of nitro groups is 1. The molecule has 0 unspecified atom stereocenters. The number of hydrogen-bond acceptors (Lipinski definition) is 5. The second kappa shape index (κ2) is 8.70. The molecule has 9 heteroatoms. The molecule has 1 aliphatic heterocycles. The number of carbonyl (C=O) groups is 3. The topological polar surface area (TPSA) is 101 Å². The molecule has 1 aliphatic carbocycles. The van der Waals surface area contributed by atoms with Crippen LogP contribution in [0.2, 0.25) is 5.02 Å². The Labute approximate surface area is 189 Å². The first-order valence-corrected chi connectivity index (χ1v) is 10.8. The van der Waals surface area contributed by atoms with Crippen LogP contribution in [0.4, 0.5) is 5.69 Å². The zero-order chi connectivity index (χ0) is 23.0. The summed E-state index contributed by atoms with van der Waals surface area (Å²) in [5.41, 5.74) is 0.442. The molecule has 0 aromatic heterocycles. The highest BCUT2D eigenvalue weighted by Crippen LogP contribution is 2.41. The highest BCUT2D eigenvalue weighted by Gasteiger charge is 2.52. The molecule has 3 atom stereocenters. The smallest absolute Gasteiger partial charge is 0.272 e. The Balaban J connectivity index is 1.72. The van der Waals surface area contributed by atoms with E-state index in [1.54, 1.807) is 24.3 Å². The number of nitro benzene ring substituents is 1.